The summed E-state index contributed by atoms with van der Waals surface area (Å²) in [5.41, 5.74) is 7.63. The predicted octanol–water partition coefficient (Wildman–Crippen LogP) is 1.41. The van der Waals surface area contributed by atoms with Crippen LogP contribution < -0.4 is 10.5 Å². The molecule has 0 aromatic heterocycles. The van der Waals surface area contributed by atoms with E-state index in [0.717, 1.165) is 17.5 Å². The highest BCUT2D eigenvalue weighted by Gasteiger charge is 2.14. The first-order valence-electron chi connectivity index (χ1n) is 6.94. The topological polar surface area (TPSA) is 81.4 Å². The van der Waals surface area contributed by atoms with Crippen molar-refractivity contribution in [3.05, 3.63) is 29.3 Å². The van der Waals surface area contributed by atoms with Crippen LogP contribution in [-0.2, 0) is 27.7 Å². The van der Waals surface area contributed by atoms with E-state index < -0.39 is 10.0 Å². The molecule has 0 radical (unpaired) electrons. The van der Waals surface area contributed by atoms with E-state index in [4.69, 9.17) is 10.5 Å². The molecule has 0 bridgehead atoms. The van der Waals surface area contributed by atoms with Gasteiger partial charge in [-0.1, -0.05) is 13.0 Å². The van der Waals surface area contributed by atoms with Crippen LogP contribution in [0.4, 0.5) is 0 Å². The molecule has 0 aliphatic carbocycles. The molecular formula is C14H24N2O3S. The van der Waals surface area contributed by atoms with Gasteiger partial charge in [-0.3, -0.25) is 0 Å². The second-order valence-electron chi connectivity index (χ2n) is 4.44. The number of ether oxygens (including phenoxy) is 1. The largest absolute Gasteiger partial charge is 0.382 e. The lowest BCUT2D eigenvalue weighted by Crippen LogP contribution is -2.26. The van der Waals surface area contributed by atoms with Crippen molar-refractivity contribution in [2.24, 2.45) is 5.73 Å². The minimum Gasteiger partial charge on any atom is -0.382 e. The zero-order chi connectivity index (χ0) is 15.0. The number of hydrogen-bond donors (Lipinski definition) is 2. The quantitative estimate of drug-likeness (QED) is 0.676. The molecule has 0 aliphatic heterocycles. The third-order valence-corrected chi connectivity index (χ3v) is 4.51. The number of nitrogens with two attached hydrogens (primary N) is 1. The molecule has 0 fully saturated rings. The molecule has 0 heterocycles. The second-order valence-corrected chi connectivity index (χ2v) is 6.20. The molecule has 6 heteroatoms. The van der Waals surface area contributed by atoms with E-state index in [0.29, 0.717) is 32.7 Å². The van der Waals surface area contributed by atoms with Crippen molar-refractivity contribution in [1.29, 1.82) is 0 Å². The Balaban J connectivity index is 2.72. The molecule has 3 N–H and O–H groups in total. The summed E-state index contributed by atoms with van der Waals surface area (Å²) in [6.45, 7) is 5.85. The van der Waals surface area contributed by atoms with Gasteiger partial charge in [0.05, 0.1) is 4.90 Å². The van der Waals surface area contributed by atoms with Gasteiger partial charge in [-0.25, -0.2) is 13.1 Å². The molecule has 0 unspecified atom stereocenters. The minimum absolute atomic E-state index is 0.270. The van der Waals surface area contributed by atoms with Crippen LogP contribution in [0, 0.1) is 0 Å². The molecule has 1 aromatic carbocycles. The fourth-order valence-electron chi connectivity index (χ4n) is 1.91. The van der Waals surface area contributed by atoms with Gasteiger partial charge in [0.2, 0.25) is 10.0 Å². The number of benzene rings is 1. The number of nitrogens with one attached hydrogen (secondary N) is 1. The van der Waals surface area contributed by atoms with Crippen molar-refractivity contribution in [1.82, 2.24) is 4.72 Å². The van der Waals surface area contributed by atoms with Crippen LogP contribution in [0.3, 0.4) is 0 Å². The zero-order valence-electron chi connectivity index (χ0n) is 12.2. The minimum atomic E-state index is -3.47. The van der Waals surface area contributed by atoms with Crippen LogP contribution in [0.5, 0.6) is 0 Å². The molecule has 1 rings (SSSR count). The zero-order valence-corrected chi connectivity index (χ0v) is 13.0. The molecule has 0 aliphatic rings. The Morgan fingerprint density at radius 3 is 2.60 bits per heavy atom. The summed E-state index contributed by atoms with van der Waals surface area (Å²) in [5.74, 6) is 0. The molecule has 1 aromatic rings. The molecule has 114 valence electrons. The predicted molar refractivity (Wildman–Crippen MR) is 80.0 cm³/mol. The van der Waals surface area contributed by atoms with Gasteiger partial charge < -0.3 is 10.5 Å². The number of aryl methyl sites for hydroxylation is 1. The Hall–Kier alpha value is -0.950. The van der Waals surface area contributed by atoms with Crippen LogP contribution >= 0.6 is 0 Å². The summed E-state index contributed by atoms with van der Waals surface area (Å²) in [6, 6.07) is 5.11. The fourth-order valence-corrected chi connectivity index (χ4v) is 3.04. The van der Waals surface area contributed by atoms with Gasteiger partial charge >= 0.3 is 0 Å². The van der Waals surface area contributed by atoms with Gasteiger partial charge in [-0.05, 0) is 43.0 Å². The smallest absolute Gasteiger partial charge is 0.240 e. The maximum Gasteiger partial charge on any atom is 0.240 e. The highest BCUT2D eigenvalue weighted by molar-refractivity contribution is 7.89. The van der Waals surface area contributed by atoms with Gasteiger partial charge in [0.1, 0.15) is 0 Å². The lowest BCUT2D eigenvalue weighted by atomic mass is 10.1. The van der Waals surface area contributed by atoms with E-state index in [-0.39, 0.29) is 4.90 Å². The van der Waals surface area contributed by atoms with E-state index in [1.165, 1.54) is 0 Å². The molecular weight excluding hydrogens is 276 g/mol. The summed E-state index contributed by atoms with van der Waals surface area (Å²) in [5, 5.41) is 0. The standard InChI is InChI=1S/C14H24N2O3S/c1-3-12-6-7-14(10-13(12)11-15)20(17,18)16-8-5-9-19-4-2/h6-7,10,16H,3-5,8-9,11,15H2,1-2H3. The average molecular weight is 300 g/mol. The summed E-state index contributed by atoms with van der Waals surface area (Å²) >= 11 is 0. The molecule has 5 nitrogen and oxygen atoms in total. The number of hydrogen-bond acceptors (Lipinski definition) is 4. The summed E-state index contributed by atoms with van der Waals surface area (Å²) in [4.78, 5) is 0.270. The summed E-state index contributed by atoms with van der Waals surface area (Å²) in [6.07, 6.45) is 1.50. The average Bonchev–Trinajstić information content (AvgIpc) is 2.46. The number of rotatable bonds is 9. The van der Waals surface area contributed by atoms with Crippen molar-refractivity contribution < 1.29 is 13.2 Å². The fraction of sp³-hybridized carbons (Fsp3) is 0.571. The van der Waals surface area contributed by atoms with E-state index in [1.54, 1.807) is 12.1 Å². The van der Waals surface area contributed by atoms with Gasteiger partial charge in [0.15, 0.2) is 0 Å². The Morgan fingerprint density at radius 2 is 2.00 bits per heavy atom. The van der Waals surface area contributed by atoms with Crippen molar-refractivity contribution in [3.8, 4) is 0 Å². The first-order chi connectivity index (χ1) is 9.55. The van der Waals surface area contributed by atoms with Crippen molar-refractivity contribution in [2.75, 3.05) is 19.8 Å². The molecule has 0 amide bonds. The molecule has 0 spiro atoms. The molecule has 0 saturated heterocycles. The maximum atomic E-state index is 12.1. The van der Waals surface area contributed by atoms with Crippen LogP contribution in [0.15, 0.2) is 23.1 Å². The summed E-state index contributed by atoms with van der Waals surface area (Å²) < 4.78 is 32.0. The first-order valence-corrected chi connectivity index (χ1v) is 8.42. The first kappa shape index (κ1) is 17.1. The van der Waals surface area contributed by atoms with Gasteiger partial charge in [-0.15, -0.1) is 0 Å². The lowest BCUT2D eigenvalue weighted by Gasteiger charge is -2.10. The second kappa shape index (κ2) is 8.36. The Labute approximate surface area is 121 Å². The van der Waals surface area contributed by atoms with E-state index in [9.17, 15) is 8.42 Å². The van der Waals surface area contributed by atoms with E-state index in [1.807, 2.05) is 19.9 Å². The molecule has 0 atom stereocenters. The molecule has 0 saturated carbocycles. The van der Waals surface area contributed by atoms with E-state index in [2.05, 4.69) is 4.72 Å². The lowest BCUT2D eigenvalue weighted by molar-refractivity contribution is 0.146. The molecule has 20 heavy (non-hydrogen) atoms. The number of sulfonamides is 1. The third-order valence-electron chi connectivity index (χ3n) is 3.05. The SMILES string of the molecule is CCOCCCNS(=O)(=O)c1ccc(CC)c(CN)c1. The van der Waals surface area contributed by atoms with Gasteiger partial charge in [0, 0.05) is 26.3 Å². The van der Waals surface area contributed by atoms with Gasteiger partial charge in [-0.2, -0.15) is 0 Å². The van der Waals surface area contributed by atoms with E-state index >= 15 is 0 Å². The van der Waals surface area contributed by atoms with Crippen molar-refractivity contribution in [3.63, 3.8) is 0 Å². The maximum absolute atomic E-state index is 12.1. The van der Waals surface area contributed by atoms with Crippen molar-refractivity contribution >= 4 is 10.0 Å². The Kier molecular flexibility index (Phi) is 7.15. The highest BCUT2D eigenvalue weighted by atomic mass is 32.2. The highest BCUT2D eigenvalue weighted by Crippen LogP contribution is 2.16. The monoisotopic (exact) mass is 300 g/mol. The van der Waals surface area contributed by atoms with Crippen LogP contribution in [0.1, 0.15) is 31.4 Å². The van der Waals surface area contributed by atoms with Gasteiger partial charge in [0.25, 0.3) is 0 Å². The Bertz CT molecular complexity index is 515. The Morgan fingerprint density at radius 1 is 1.25 bits per heavy atom. The third kappa shape index (κ3) is 4.86. The van der Waals surface area contributed by atoms with Crippen molar-refractivity contribution in [2.45, 2.75) is 38.1 Å². The normalized spacial score (nSPS) is 11.8. The summed E-state index contributed by atoms with van der Waals surface area (Å²) in [7, 11) is -3.47. The van der Waals surface area contributed by atoms with Crippen LogP contribution in [0.2, 0.25) is 0 Å². The van der Waals surface area contributed by atoms with Crippen LogP contribution in [0.25, 0.3) is 0 Å². The van der Waals surface area contributed by atoms with Crippen LogP contribution in [-0.4, -0.2) is 28.2 Å².